The summed E-state index contributed by atoms with van der Waals surface area (Å²) in [4.78, 5) is 16.2. The number of benzene rings is 2. The second kappa shape index (κ2) is 7.31. The summed E-state index contributed by atoms with van der Waals surface area (Å²) < 4.78 is 23.9. The van der Waals surface area contributed by atoms with Gasteiger partial charge < -0.3 is 14.6 Å². The Balaban J connectivity index is 1.66. The molecule has 1 heterocycles. The second-order valence-corrected chi connectivity index (χ2v) is 5.48. The van der Waals surface area contributed by atoms with Crippen molar-refractivity contribution in [2.45, 2.75) is 6.54 Å². The van der Waals surface area contributed by atoms with Gasteiger partial charge in [-0.15, -0.1) is 0 Å². The van der Waals surface area contributed by atoms with Crippen LogP contribution in [0, 0.1) is 5.82 Å². The van der Waals surface area contributed by atoms with Gasteiger partial charge in [0.1, 0.15) is 11.6 Å². The first-order valence-corrected chi connectivity index (χ1v) is 7.65. The Labute approximate surface area is 147 Å². The minimum Gasteiger partial charge on any atom is -0.497 e. The lowest BCUT2D eigenvalue weighted by Gasteiger charge is -2.03. The SMILES string of the molecule is COc1ccc(-c2noc(CNC(=O)c3ccc(Cl)cc3F)n2)cc1. The molecule has 0 radical (unpaired) electrons. The van der Waals surface area contributed by atoms with Crippen molar-refractivity contribution < 1.29 is 18.4 Å². The summed E-state index contributed by atoms with van der Waals surface area (Å²) in [5, 5.41) is 6.59. The number of nitrogens with zero attached hydrogens (tertiary/aromatic N) is 2. The van der Waals surface area contributed by atoms with Crippen molar-refractivity contribution in [1.82, 2.24) is 15.5 Å². The van der Waals surface area contributed by atoms with Crippen molar-refractivity contribution in [3.05, 3.63) is 64.8 Å². The molecule has 0 atom stereocenters. The predicted molar refractivity (Wildman–Crippen MR) is 88.9 cm³/mol. The molecule has 0 aliphatic carbocycles. The summed E-state index contributed by atoms with van der Waals surface area (Å²) in [7, 11) is 1.58. The molecule has 1 aromatic heterocycles. The van der Waals surface area contributed by atoms with Gasteiger partial charge in [-0.3, -0.25) is 4.79 Å². The fourth-order valence-corrected chi connectivity index (χ4v) is 2.27. The Morgan fingerprint density at radius 3 is 2.72 bits per heavy atom. The van der Waals surface area contributed by atoms with E-state index in [1.165, 1.54) is 12.1 Å². The van der Waals surface area contributed by atoms with E-state index in [1.807, 2.05) is 0 Å². The lowest BCUT2D eigenvalue weighted by atomic mass is 10.2. The van der Waals surface area contributed by atoms with Crippen molar-refractivity contribution in [3.63, 3.8) is 0 Å². The van der Waals surface area contributed by atoms with Gasteiger partial charge in [0, 0.05) is 10.6 Å². The van der Waals surface area contributed by atoms with Crippen LogP contribution in [0.5, 0.6) is 5.75 Å². The van der Waals surface area contributed by atoms with Crippen LogP contribution in [0.15, 0.2) is 47.0 Å². The van der Waals surface area contributed by atoms with Gasteiger partial charge in [-0.05, 0) is 42.5 Å². The zero-order valence-electron chi connectivity index (χ0n) is 13.1. The molecule has 8 heteroatoms. The number of aromatic nitrogens is 2. The summed E-state index contributed by atoms with van der Waals surface area (Å²) >= 11 is 5.66. The molecule has 0 aliphatic rings. The first kappa shape index (κ1) is 16.9. The maximum atomic E-state index is 13.7. The van der Waals surface area contributed by atoms with Gasteiger partial charge in [-0.25, -0.2) is 4.39 Å². The molecule has 25 heavy (non-hydrogen) atoms. The molecule has 0 saturated heterocycles. The average Bonchev–Trinajstić information content (AvgIpc) is 3.09. The molecule has 2 aromatic carbocycles. The summed E-state index contributed by atoms with van der Waals surface area (Å²) in [6.07, 6.45) is 0. The molecular formula is C17H13ClFN3O3. The fourth-order valence-electron chi connectivity index (χ4n) is 2.11. The molecule has 1 amide bonds. The van der Waals surface area contributed by atoms with Crippen LogP contribution >= 0.6 is 11.6 Å². The van der Waals surface area contributed by atoms with E-state index < -0.39 is 11.7 Å². The highest BCUT2D eigenvalue weighted by Crippen LogP contribution is 2.20. The summed E-state index contributed by atoms with van der Waals surface area (Å²) in [6, 6.07) is 10.9. The highest BCUT2D eigenvalue weighted by Gasteiger charge is 2.14. The highest BCUT2D eigenvalue weighted by molar-refractivity contribution is 6.30. The molecule has 6 nitrogen and oxygen atoms in total. The van der Waals surface area contributed by atoms with E-state index in [9.17, 15) is 9.18 Å². The van der Waals surface area contributed by atoms with Crippen molar-refractivity contribution in [2.75, 3.05) is 7.11 Å². The molecule has 0 unspecified atom stereocenters. The van der Waals surface area contributed by atoms with Crippen LogP contribution in [0.1, 0.15) is 16.2 Å². The van der Waals surface area contributed by atoms with E-state index in [4.69, 9.17) is 20.9 Å². The fraction of sp³-hybridized carbons (Fsp3) is 0.118. The molecule has 0 spiro atoms. The standard InChI is InChI=1S/C17H13ClFN3O3/c1-24-12-5-2-10(3-6-12)16-21-15(25-22-16)9-20-17(23)13-7-4-11(18)8-14(13)19/h2-8H,9H2,1H3,(H,20,23). The Morgan fingerprint density at radius 1 is 1.28 bits per heavy atom. The number of hydrogen-bond donors (Lipinski definition) is 1. The largest absolute Gasteiger partial charge is 0.497 e. The quantitative estimate of drug-likeness (QED) is 0.753. The maximum Gasteiger partial charge on any atom is 0.254 e. The van der Waals surface area contributed by atoms with Gasteiger partial charge in [-0.2, -0.15) is 4.98 Å². The van der Waals surface area contributed by atoms with E-state index >= 15 is 0 Å². The molecule has 128 valence electrons. The molecule has 3 aromatic rings. The number of nitrogens with one attached hydrogen (secondary N) is 1. The van der Waals surface area contributed by atoms with Crippen molar-refractivity contribution >= 4 is 17.5 Å². The van der Waals surface area contributed by atoms with Crippen LogP contribution < -0.4 is 10.1 Å². The Kier molecular flexibility index (Phi) is 4.95. The third-order valence-electron chi connectivity index (χ3n) is 3.39. The first-order valence-electron chi connectivity index (χ1n) is 7.27. The minimum atomic E-state index is -0.700. The third kappa shape index (κ3) is 3.95. The Hall–Kier alpha value is -2.93. The Bertz CT molecular complexity index is 896. The van der Waals surface area contributed by atoms with Crippen LogP contribution in [0.25, 0.3) is 11.4 Å². The number of methoxy groups -OCH3 is 1. The van der Waals surface area contributed by atoms with Gasteiger partial charge in [-0.1, -0.05) is 16.8 Å². The molecule has 0 fully saturated rings. The molecule has 0 bridgehead atoms. The number of ether oxygens (including phenoxy) is 1. The number of rotatable bonds is 5. The molecule has 0 saturated carbocycles. The van der Waals surface area contributed by atoms with E-state index in [-0.39, 0.29) is 23.0 Å². The summed E-state index contributed by atoms with van der Waals surface area (Å²) in [6.45, 7) is -0.0238. The van der Waals surface area contributed by atoms with E-state index in [2.05, 4.69) is 15.5 Å². The summed E-state index contributed by atoms with van der Waals surface area (Å²) in [5.41, 5.74) is 0.630. The lowest BCUT2D eigenvalue weighted by Crippen LogP contribution is -2.24. The number of carbonyl (C=O) groups excluding carboxylic acids is 1. The normalized spacial score (nSPS) is 10.5. The predicted octanol–water partition coefficient (Wildman–Crippen LogP) is 3.47. The van der Waals surface area contributed by atoms with E-state index in [0.29, 0.717) is 11.6 Å². The summed E-state index contributed by atoms with van der Waals surface area (Å²) in [5.74, 6) is -0.00402. The van der Waals surface area contributed by atoms with E-state index in [1.54, 1.807) is 31.4 Å². The first-order chi connectivity index (χ1) is 12.1. The van der Waals surface area contributed by atoms with Crippen LogP contribution in [0.3, 0.4) is 0 Å². The zero-order valence-corrected chi connectivity index (χ0v) is 13.9. The smallest absolute Gasteiger partial charge is 0.254 e. The number of hydrogen-bond acceptors (Lipinski definition) is 5. The molecule has 3 rings (SSSR count). The average molecular weight is 362 g/mol. The van der Waals surface area contributed by atoms with Gasteiger partial charge >= 0.3 is 0 Å². The molecule has 1 N–H and O–H groups in total. The van der Waals surface area contributed by atoms with Crippen LogP contribution in [0.4, 0.5) is 4.39 Å². The number of halogens is 2. The maximum absolute atomic E-state index is 13.7. The number of amides is 1. The molecule has 0 aliphatic heterocycles. The van der Waals surface area contributed by atoms with Crippen molar-refractivity contribution in [3.8, 4) is 17.1 Å². The topological polar surface area (TPSA) is 77.3 Å². The van der Waals surface area contributed by atoms with Gasteiger partial charge in [0.05, 0.1) is 19.2 Å². The van der Waals surface area contributed by atoms with E-state index in [0.717, 1.165) is 11.6 Å². The zero-order chi connectivity index (χ0) is 17.8. The highest BCUT2D eigenvalue weighted by atomic mass is 35.5. The van der Waals surface area contributed by atoms with Gasteiger partial charge in [0.2, 0.25) is 11.7 Å². The van der Waals surface area contributed by atoms with Crippen LogP contribution in [0.2, 0.25) is 5.02 Å². The molecular weight excluding hydrogens is 349 g/mol. The van der Waals surface area contributed by atoms with Crippen molar-refractivity contribution in [1.29, 1.82) is 0 Å². The number of carbonyl (C=O) groups is 1. The van der Waals surface area contributed by atoms with Gasteiger partial charge in [0.15, 0.2) is 0 Å². The Morgan fingerprint density at radius 2 is 2.04 bits per heavy atom. The minimum absolute atomic E-state index is 0.0238. The third-order valence-corrected chi connectivity index (χ3v) is 3.63. The second-order valence-electron chi connectivity index (χ2n) is 5.05. The van der Waals surface area contributed by atoms with Crippen LogP contribution in [-0.2, 0) is 6.54 Å². The van der Waals surface area contributed by atoms with Crippen molar-refractivity contribution in [2.24, 2.45) is 0 Å². The lowest BCUT2D eigenvalue weighted by molar-refractivity contribution is 0.0942. The monoisotopic (exact) mass is 361 g/mol. The van der Waals surface area contributed by atoms with Crippen LogP contribution in [-0.4, -0.2) is 23.2 Å². The van der Waals surface area contributed by atoms with Gasteiger partial charge in [0.25, 0.3) is 5.91 Å².